The number of aryl methyl sites for hydroxylation is 1. The molecule has 0 N–H and O–H groups in total. The molecule has 4 rings (SSSR count). The van der Waals surface area contributed by atoms with Crippen molar-refractivity contribution in [2.24, 2.45) is 0 Å². The molecule has 0 fully saturated rings. The molecule has 1 aliphatic carbocycles. The zero-order chi connectivity index (χ0) is 15.1. The van der Waals surface area contributed by atoms with E-state index in [1.54, 1.807) is 11.3 Å². The Morgan fingerprint density at radius 3 is 2.64 bits per heavy atom. The molecule has 0 radical (unpaired) electrons. The van der Waals surface area contributed by atoms with Gasteiger partial charge in [-0.15, -0.1) is 11.3 Å². The summed E-state index contributed by atoms with van der Waals surface area (Å²) in [6.45, 7) is 2.09. The topological polar surface area (TPSA) is 17.1 Å². The third-order valence-corrected chi connectivity index (χ3v) is 5.33. The third-order valence-electron chi connectivity index (χ3n) is 4.15. The van der Waals surface area contributed by atoms with Gasteiger partial charge in [0, 0.05) is 19.8 Å². The van der Waals surface area contributed by atoms with Gasteiger partial charge in [-0.25, -0.2) is 0 Å². The minimum absolute atomic E-state index is 0.175. The van der Waals surface area contributed by atoms with Gasteiger partial charge < -0.3 is 0 Å². The molecular formula is C20H16OS. The number of hydrogen-bond donors (Lipinski definition) is 0. The van der Waals surface area contributed by atoms with Gasteiger partial charge in [-0.1, -0.05) is 48.0 Å². The molecule has 0 unspecified atom stereocenters. The molecular weight excluding hydrogens is 288 g/mol. The zero-order valence-corrected chi connectivity index (χ0v) is 13.2. The molecule has 1 aromatic heterocycles. The van der Waals surface area contributed by atoms with Crippen LogP contribution in [0.25, 0.3) is 33.4 Å². The van der Waals surface area contributed by atoms with Crippen LogP contribution in [-0.2, 0) is 0 Å². The fourth-order valence-corrected chi connectivity index (χ4v) is 4.14. The molecule has 0 spiro atoms. The van der Waals surface area contributed by atoms with Crippen LogP contribution in [0.2, 0.25) is 0 Å². The lowest BCUT2D eigenvalue weighted by molar-refractivity contribution is 1.12. The summed E-state index contributed by atoms with van der Waals surface area (Å²) in [5.74, 6) is 0. The van der Waals surface area contributed by atoms with Gasteiger partial charge in [0.2, 0.25) is 0 Å². The Bertz CT molecular complexity index is 1060. The van der Waals surface area contributed by atoms with Crippen LogP contribution in [0.15, 0.2) is 47.3 Å². The Kier molecular flexibility index (Phi) is 3.20. The minimum atomic E-state index is 0.175. The van der Waals surface area contributed by atoms with E-state index < -0.39 is 0 Å². The van der Waals surface area contributed by atoms with E-state index in [1.165, 1.54) is 11.1 Å². The lowest BCUT2D eigenvalue weighted by atomic mass is 10.0. The summed E-state index contributed by atoms with van der Waals surface area (Å²) in [5, 5.41) is 1.74. The summed E-state index contributed by atoms with van der Waals surface area (Å²) in [6.07, 6.45) is 6.29. The smallest absolute Gasteiger partial charge is 0.195 e. The first-order valence-electron chi connectivity index (χ1n) is 7.57. The Hall–Kier alpha value is -2.19. The zero-order valence-electron chi connectivity index (χ0n) is 12.4. The lowest BCUT2D eigenvalue weighted by Crippen LogP contribution is -2.38. The Morgan fingerprint density at radius 1 is 0.955 bits per heavy atom. The van der Waals surface area contributed by atoms with Crippen LogP contribution < -0.4 is 15.2 Å². The highest BCUT2D eigenvalue weighted by atomic mass is 32.1. The SMILES string of the molecule is Cc1cccc(-c2ccc3sc4c(c(=O)c3c2)=CCCC=4)c1. The Balaban J connectivity index is 2.03. The van der Waals surface area contributed by atoms with Crippen LogP contribution in [0.5, 0.6) is 0 Å². The van der Waals surface area contributed by atoms with E-state index in [2.05, 4.69) is 55.5 Å². The summed E-state index contributed by atoms with van der Waals surface area (Å²) < 4.78 is 2.21. The molecule has 1 aliphatic rings. The van der Waals surface area contributed by atoms with Crippen molar-refractivity contribution in [2.75, 3.05) is 0 Å². The highest BCUT2D eigenvalue weighted by Gasteiger charge is 2.07. The molecule has 2 aromatic carbocycles. The van der Waals surface area contributed by atoms with Crippen molar-refractivity contribution in [3.8, 4) is 11.1 Å². The molecule has 0 aliphatic heterocycles. The monoisotopic (exact) mass is 304 g/mol. The minimum Gasteiger partial charge on any atom is -0.289 e. The normalized spacial score (nSPS) is 13.3. The van der Waals surface area contributed by atoms with Gasteiger partial charge in [-0.05, 0) is 43.0 Å². The fourth-order valence-electron chi connectivity index (χ4n) is 3.02. The largest absolute Gasteiger partial charge is 0.289 e. The summed E-state index contributed by atoms with van der Waals surface area (Å²) in [4.78, 5) is 12.8. The van der Waals surface area contributed by atoms with Crippen molar-refractivity contribution < 1.29 is 0 Å². The highest BCUT2D eigenvalue weighted by molar-refractivity contribution is 7.16. The fraction of sp³-hybridized carbons (Fsp3) is 0.150. The van der Waals surface area contributed by atoms with Crippen LogP contribution in [0.3, 0.4) is 0 Å². The molecule has 0 bridgehead atoms. The predicted octanol–water partition coefficient (Wildman–Crippen LogP) is 3.59. The van der Waals surface area contributed by atoms with Gasteiger partial charge in [0.1, 0.15) is 0 Å². The van der Waals surface area contributed by atoms with E-state index in [0.717, 1.165) is 38.2 Å². The second-order valence-electron chi connectivity index (χ2n) is 5.78. The molecule has 2 heteroatoms. The maximum Gasteiger partial charge on any atom is 0.195 e. The van der Waals surface area contributed by atoms with Crippen molar-refractivity contribution >= 4 is 33.6 Å². The first-order chi connectivity index (χ1) is 10.7. The van der Waals surface area contributed by atoms with Gasteiger partial charge in [0.15, 0.2) is 5.43 Å². The van der Waals surface area contributed by atoms with E-state index in [9.17, 15) is 4.79 Å². The standard InChI is InChI=1S/C20H16OS/c1-13-5-4-6-14(11-13)15-9-10-19-17(12-15)20(21)16-7-2-3-8-18(16)22-19/h4-12H,2-3H2,1H3. The predicted molar refractivity (Wildman–Crippen MR) is 95.7 cm³/mol. The Labute approximate surface area is 132 Å². The lowest BCUT2D eigenvalue weighted by Gasteiger charge is -2.06. The van der Waals surface area contributed by atoms with E-state index in [4.69, 9.17) is 0 Å². The van der Waals surface area contributed by atoms with E-state index in [1.807, 2.05) is 6.07 Å². The van der Waals surface area contributed by atoms with Crippen molar-refractivity contribution in [1.82, 2.24) is 0 Å². The number of fused-ring (bicyclic) bond motifs is 2. The maximum atomic E-state index is 12.8. The van der Waals surface area contributed by atoms with Crippen molar-refractivity contribution in [3.63, 3.8) is 0 Å². The van der Waals surface area contributed by atoms with Gasteiger partial charge in [0.05, 0.1) is 0 Å². The summed E-state index contributed by atoms with van der Waals surface area (Å²) in [7, 11) is 0. The van der Waals surface area contributed by atoms with Crippen molar-refractivity contribution in [2.45, 2.75) is 19.8 Å². The molecule has 22 heavy (non-hydrogen) atoms. The maximum absolute atomic E-state index is 12.8. The molecule has 108 valence electrons. The van der Waals surface area contributed by atoms with Crippen LogP contribution >= 0.6 is 11.3 Å². The first-order valence-corrected chi connectivity index (χ1v) is 8.38. The molecule has 3 aromatic rings. The molecule has 0 saturated heterocycles. The van der Waals surface area contributed by atoms with Gasteiger partial charge in [-0.3, -0.25) is 4.79 Å². The van der Waals surface area contributed by atoms with Crippen LogP contribution in [0.4, 0.5) is 0 Å². The van der Waals surface area contributed by atoms with Crippen LogP contribution in [0.1, 0.15) is 18.4 Å². The third kappa shape index (κ3) is 2.20. The number of hydrogen-bond acceptors (Lipinski definition) is 2. The highest BCUT2D eigenvalue weighted by Crippen LogP contribution is 2.24. The molecule has 0 atom stereocenters. The van der Waals surface area contributed by atoms with Crippen molar-refractivity contribution in [1.29, 1.82) is 0 Å². The Morgan fingerprint density at radius 2 is 1.77 bits per heavy atom. The van der Waals surface area contributed by atoms with E-state index >= 15 is 0 Å². The van der Waals surface area contributed by atoms with E-state index in [-0.39, 0.29) is 5.43 Å². The second-order valence-corrected chi connectivity index (χ2v) is 6.86. The van der Waals surface area contributed by atoms with Gasteiger partial charge in [0.25, 0.3) is 0 Å². The van der Waals surface area contributed by atoms with Crippen LogP contribution in [0, 0.1) is 6.92 Å². The molecule has 1 nitrogen and oxygen atoms in total. The average molecular weight is 304 g/mol. The average Bonchev–Trinajstić information content (AvgIpc) is 2.55. The number of rotatable bonds is 1. The summed E-state index contributed by atoms with van der Waals surface area (Å²) >= 11 is 1.72. The van der Waals surface area contributed by atoms with Crippen molar-refractivity contribution in [3.05, 3.63) is 68.0 Å². The molecule has 0 saturated carbocycles. The quantitative estimate of drug-likeness (QED) is 0.671. The number of benzene rings is 2. The van der Waals surface area contributed by atoms with Crippen LogP contribution in [-0.4, -0.2) is 0 Å². The van der Waals surface area contributed by atoms with Gasteiger partial charge in [-0.2, -0.15) is 0 Å². The van der Waals surface area contributed by atoms with Gasteiger partial charge >= 0.3 is 0 Å². The molecule has 0 amide bonds. The first kappa shape index (κ1) is 13.5. The molecule has 1 heterocycles. The second kappa shape index (κ2) is 5.22. The van der Waals surface area contributed by atoms with E-state index in [0.29, 0.717) is 0 Å². The summed E-state index contributed by atoms with van der Waals surface area (Å²) in [6, 6.07) is 14.7. The summed E-state index contributed by atoms with van der Waals surface area (Å²) in [5.41, 5.74) is 3.69.